The fraction of sp³-hybridized carbons (Fsp3) is 0.174. The maximum atomic E-state index is 13.1. The number of anilines is 1. The van der Waals surface area contributed by atoms with Crippen LogP contribution < -0.4 is 10.7 Å². The maximum absolute atomic E-state index is 13.1. The van der Waals surface area contributed by atoms with Crippen molar-refractivity contribution in [1.82, 2.24) is 9.55 Å². The summed E-state index contributed by atoms with van der Waals surface area (Å²) in [5.74, 6) is -0.483. The number of aryl methyl sites for hydroxylation is 3. The molecule has 0 unspecified atom stereocenters. The Balaban J connectivity index is 1.87. The average molecular weight is 440 g/mol. The highest BCUT2D eigenvalue weighted by Gasteiger charge is 2.18. The number of benzene rings is 2. The summed E-state index contributed by atoms with van der Waals surface area (Å²) in [6, 6.07) is 10.5. The number of halogens is 2. The summed E-state index contributed by atoms with van der Waals surface area (Å²) in [4.78, 5) is 30.7. The molecule has 0 fully saturated rings. The third kappa shape index (κ3) is 3.34. The van der Waals surface area contributed by atoms with Crippen LogP contribution in [0.5, 0.6) is 0 Å². The second-order valence-corrected chi connectivity index (χ2v) is 7.94. The SMILES string of the molecule is CCn1cc(C(=O)Nc2cc(C)nc3c(Cl)cccc23)c(=O)c2ccc(Cl)c(C)c21. The summed E-state index contributed by atoms with van der Waals surface area (Å²) in [7, 11) is 0. The molecule has 0 spiro atoms. The van der Waals surface area contributed by atoms with Gasteiger partial charge in [-0.3, -0.25) is 14.6 Å². The first-order valence-corrected chi connectivity index (χ1v) is 10.3. The van der Waals surface area contributed by atoms with Gasteiger partial charge >= 0.3 is 0 Å². The van der Waals surface area contributed by atoms with E-state index in [-0.39, 0.29) is 11.0 Å². The Morgan fingerprint density at radius 1 is 1.10 bits per heavy atom. The predicted molar refractivity (Wildman–Crippen MR) is 123 cm³/mol. The molecule has 2 aromatic carbocycles. The molecule has 1 amide bonds. The molecule has 0 radical (unpaired) electrons. The van der Waals surface area contributed by atoms with Crippen LogP contribution in [-0.2, 0) is 6.54 Å². The molecule has 0 saturated carbocycles. The topological polar surface area (TPSA) is 64.0 Å². The zero-order valence-corrected chi connectivity index (χ0v) is 18.2. The van der Waals surface area contributed by atoms with Gasteiger partial charge in [-0.05, 0) is 50.6 Å². The van der Waals surface area contributed by atoms with Crippen molar-refractivity contribution in [3.05, 3.63) is 79.7 Å². The summed E-state index contributed by atoms with van der Waals surface area (Å²) in [5, 5.41) is 5.13. The standard InChI is InChI=1S/C23H19Cl2N3O2/c1-4-28-11-16(22(29)15-8-9-17(24)13(3)21(15)28)23(30)27-19-10-12(2)26-20-14(19)6-5-7-18(20)25/h5-11H,4H2,1-3H3,(H,26,27,30). The number of pyridine rings is 2. The number of para-hydroxylation sites is 1. The minimum absolute atomic E-state index is 0.0655. The lowest BCUT2D eigenvalue weighted by Gasteiger charge is -2.15. The number of amides is 1. The van der Waals surface area contributed by atoms with E-state index in [4.69, 9.17) is 23.2 Å². The summed E-state index contributed by atoms with van der Waals surface area (Å²) in [6.07, 6.45) is 1.59. The monoisotopic (exact) mass is 439 g/mol. The highest BCUT2D eigenvalue weighted by molar-refractivity contribution is 6.35. The molecule has 5 nitrogen and oxygen atoms in total. The van der Waals surface area contributed by atoms with E-state index in [9.17, 15) is 9.59 Å². The summed E-state index contributed by atoms with van der Waals surface area (Å²) in [6.45, 7) is 6.23. The van der Waals surface area contributed by atoms with Crippen molar-refractivity contribution in [3.8, 4) is 0 Å². The van der Waals surface area contributed by atoms with Gasteiger partial charge in [0.25, 0.3) is 5.91 Å². The molecule has 0 aliphatic rings. The van der Waals surface area contributed by atoms with E-state index in [2.05, 4.69) is 10.3 Å². The fourth-order valence-corrected chi connectivity index (χ4v) is 4.07. The van der Waals surface area contributed by atoms with Gasteiger partial charge in [0.05, 0.1) is 21.7 Å². The van der Waals surface area contributed by atoms with Crippen molar-refractivity contribution in [1.29, 1.82) is 0 Å². The first-order valence-electron chi connectivity index (χ1n) is 9.51. The molecule has 7 heteroatoms. The van der Waals surface area contributed by atoms with E-state index < -0.39 is 5.91 Å². The molecule has 4 aromatic rings. The number of carbonyl (C=O) groups is 1. The molecule has 4 rings (SSSR count). The Kier molecular flexibility index (Phi) is 5.26. The third-order valence-electron chi connectivity index (χ3n) is 5.18. The van der Waals surface area contributed by atoms with E-state index in [0.717, 1.165) is 11.1 Å². The summed E-state index contributed by atoms with van der Waals surface area (Å²) < 4.78 is 1.87. The van der Waals surface area contributed by atoms with Crippen LogP contribution in [0.1, 0.15) is 28.5 Å². The normalized spacial score (nSPS) is 11.2. The van der Waals surface area contributed by atoms with Crippen LogP contribution in [-0.4, -0.2) is 15.5 Å². The van der Waals surface area contributed by atoms with E-state index >= 15 is 0 Å². The number of nitrogens with zero attached hydrogens (tertiary/aromatic N) is 2. The lowest BCUT2D eigenvalue weighted by Crippen LogP contribution is -2.24. The van der Waals surface area contributed by atoms with Crippen LogP contribution >= 0.6 is 23.2 Å². The summed E-state index contributed by atoms with van der Waals surface area (Å²) >= 11 is 12.5. The van der Waals surface area contributed by atoms with Gasteiger partial charge in [0.15, 0.2) is 0 Å². The van der Waals surface area contributed by atoms with Crippen molar-refractivity contribution < 1.29 is 4.79 Å². The van der Waals surface area contributed by atoms with E-state index in [1.807, 2.05) is 31.4 Å². The van der Waals surface area contributed by atoms with Gasteiger partial charge in [-0.15, -0.1) is 0 Å². The van der Waals surface area contributed by atoms with Crippen LogP contribution in [0.4, 0.5) is 5.69 Å². The minimum atomic E-state index is -0.483. The first-order chi connectivity index (χ1) is 14.3. The molecule has 0 aliphatic heterocycles. The highest BCUT2D eigenvalue weighted by Crippen LogP contribution is 2.29. The Labute approximate surface area is 183 Å². The van der Waals surface area contributed by atoms with E-state index in [1.165, 1.54) is 0 Å². The Hall–Kier alpha value is -2.89. The van der Waals surface area contributed by atoms with Crippen LogP contribution in [0.3, 0.4) is 0 Å². The van der Waals surface area contributed by atoms with Crippen molar-refractivity contribution in [2.75, 3.05) is 5.32 Å². The van der Waals surface area contributed by atoms with Gasteiger partial charge in [-0.25, -0.2) is 0 Å². The number of hydrogen-bond acceptors (Lipinski definition) is 3. The van der Waals surface area contributed by atoms with Gasteiger partial charge in [0.2, 0.25) is 5.43 Å². The number of fused-ring (bicyclic) bond motifs is 2. The van der Waals surface area contributed by atoms with E-state index in [0.29, 0.717) is 44.3 Å². The molecule has 152 valence electrons. The second-order valence-electron chi connectivity index (χ2n) is 7.13. The zero-order valence-electron chi connectivity index (χ0n) is 16.7. The van der Waals surface area contributed by atoms with Crippen molar-refractivity contribution in [2.45, 2.75) is 27.3 Å². The van der Waals surface area contributed by atoms with Crippen LogP contribution in [0, 0.1) is 13.8 Å². The molecular weight excluding hydrogens is 421 g/mol. The first kappa shape index (κ1) is 20.4. The molecule has 0 saturated heterocycles. The summed E-state index contributed by atoms with van der Waals surface area (Å²) in [5.41, 5.74) is 3.15. The van der Waals surface area contributed by atoms with Crippen LogP contribution in [0.2, 0.25) is 10.0 Å². The van der Waals surface area contributed by atoms with Gasteiger partial charge in [-0.2, -0.15) is 0 Å². The molecule has 30 heavy (non-hydrogen) atoms. The van der Waals surface area contributed by atoms with Crippen LogP contribution in [0.25, 0.3) is 21.8 Å². The van der Waals surface area contributed by atoms with Gasteiger partial charge < -0.3 is 9.88 Å². The lowest BCUT2D eigenvalue weighted by atomic mass is 10.1. The third-order valence-corrected chi connectivity index (χ3v) is 5.89. The molecule has 1 N–H and O–H groups in total. The maximum Gasteiger partial charge on any atom is 0.261 e. The largest absolute Gasteiger partial charge is 0.346 e. The number of rotatable bonds is 3. The molecule has 2 aromatic heterocycles. The minimum Gasteiger partial charge on any atom is -0.346 e. The number of carbonyl (C=O) groups excluding carboxylic acids is 1. The smallest absolute Gasteiger partial charge is 0.261 e. The Morgan fingerprint density at radius 3 is 2.60 bits per heavy atom. The fourth-order valence-electron chi connectivity index (χ4n) is 3.70. The van der Waals surface area contributed by atoms with Crippen LogP contribution in [0.15, 0.2) is 47.4 Å². The molecule has 0 atom stereocenters. The zero-order chi connectivity index (χ0) is 21.6. The number of aromatic nitrogens is 2. The number of nitrogens with one attached hydrogen (secondary N) is 1. The molecular formula is C23H19Cl2N3O2. The van der Waals surface area contributed by atoms with Crippen molar-refractivity contribution in [3.63, 3.8) is 0 Å². The van der Waals surface area contributed by atoms with Crippen molar-refractivity contribution >= 4 is 56.6 Å². The highest BCUT2D eigenvalue weighted by atomic mass is 35.5. The quantitative estimate of drug-likeness (QED) is 0.442. The van der Waals surface area contributed by atoms with Gasteiger partial charge in [0, 0.05) is 34.2 Å². The lowest BCUT2D eigenvalue weighted by molar-refractivity contribution is 0.102. The average Bonchev–Trinajstić information content (AvgIpc) is 2.71. The van der Waals surface area contributed by atoms with Gasteiger partial charge in [-0.1, -0.05) is 35.3 Å². The second kappa shape index (κ2) is 7.74. The molecule has 0 aliphatic carbocycles. The van der Waals surface area contributed by atoms with Crippen molar-refractivity contribution in [2.24, 2.45) is 0 Å². The number of hydrogen-bond donors (Lipinski definition) is 1. The predicted octanol–water partition coefficient (Wildman–Crippen LogP) is 5.75. The molecule has 2 heterocycles. The Bertz CT molecular complexity index is 1390. The Morgan fingerprint density at radius 2 is 1.87 bits per heavy atom. The van der Waals surface area contributed by atoms with E-state index in [1.54, 1.807) is 36.5 Å². The molecule has 0 bridgehead atoms. The van der Waals surface area contributed by atoms with Gasteiger partial charge in [0.1, 0.15) is 5.56 Å².